The molecule has 0 spiro atoms. The minimum Gasteiger partial charge on any atom is -0.478 e. The van der Waals surface area contributed by atoms with Crippen LogP contribution in [0, 0.1) is 0 Å². The van der Waals surface area contributed by atoms with Crippen LogP contribution in [0.5, 0.6) is 0 Å². The van der Waals surface area contributed by atoms with Crippen LogP contribution < -0.4 is 0 Å². The summed E-state index contributed by atoms with van der Waals surface area (Å²) >= 11 is 7.50. The second-order valence-corrected chi connectivity index (χ2v) is 5.02. The lowest BCUT2D eigenvalue weighted by Crippen LogP contribution is -1.97. The Balaban J connectivity index is 2.50. The van der Waals surface area contributed by atoms with Gasteiger partial charge in [-0.3, -0.25) is 0 Å². The molecule has 18 heavy (non-hydrogen) atoms. The molecule has 1 N–H and O–H groups in total. The molecule has 0 saturated carbocycles. The van der Waals surface area contributed by atoms with Crippen molar-refractivity contribution >= 4 is 29.3 Å². The molecule has 0 amide bonds. The summed E-state index contributed by atoms with van der Waals surface area (Å²) in [5.74, 6) is -1.01. The van der Waals surface area contributed by atoms with Gasteiger partial charge in [0.05, 0.1) is 10.6 Å². The van der Waals surface area contributed by atoms with Gasteiger partial charge in [0.2, 0.25) is 0 Å². The number of carboxylic acid groups (broad SMARTS) is 1. The molecule has 2 aromatic rings. The Bertz CT molecular complexity index is 596. The molecule has 2 rings (SSSR count). The van der Waals surface area contributed by atoms with E-state index in [0.29, 0.717) is 0 Å². The number of benzene rings is 2. The summed E-state index contributed by atoms with van der Waals surface area (Å²) in [6.07, 6.45) is 2.00. The Hall–Kier alpha value is -1.45. The van der Waals surface area contributed by atoms with Crippen molar-refractivity contribution in [3.63, 3.8) is 0 Å². The molecule has 4 heteroatoms. The van der Waals surface area contributed by atoms with Crippen LogP contribution in [0.1, 0.15) is 10.4 Å². The van der Waals surface area contributed by atoms with E-state index in [9.17, 15) is 4.79 Å². The van der Waals surface area contributed by atoms with Gasteiger partial charge < -0.3 is 5.11 Å². The van der Waals surface area contributed by atoms with E-state index in [1.165, 1.54) is 0 Å². The fourth-order valence-electron chi connectivity index (χ4n) is 1.67. The predicted octanol–water partition coefficient (Wildman–Crippen LogP) is 4.43. The number of rotatable bonds is 3. The molecule has 0 aliphatic heterocycles. The van der Waals surface area contributed by atoms with Crippen LogP contribution in [0.2, 0.25) is 5.02 Å². The van der Waals surface area contributed by atoms with Gasteiger partial charge in [0, 0.05) is 4.90 Å². The highest BCUT2D eigenvalue weighted by molar-refractivity contribution is 7.98. The number of carbonyl (C=O) groups is 1. The van der Waals surface area contributed by atoms with Crippen molar-refractivity contribution in [2.24, 2.45) is 0 Å². The molecule has 0 aromatic heterocycles. The van der Waals surface area contributed by atoms with Crippen molar-refractivity contribution in [2.45, 2.75) is 4.90 Å². The van der Waals surface area contributed by atoms with Gasteiger partial charge in [0.25, 0.3) is 0 Å². The number of hydrogen-bond acceptors (Lipinski definition) is 2. The van der Waals surface area contributed by atoms with Crippen LogP contribution in [-0.4, -0.2) is 17.3 Å². The average Bonchev–Trinajstić information content (AvgIpc) is 2.39. The highest BCUT2D eigenvalue weighted by Crippen LogP contribution is 2.27. The number of hydrogen-bond donors (Lipinski definition) is 1. The summed E-state index contributed by atoms with van der Waals surface area (Å²) in [7, 11) is 0. The molecule has 0 aliphatic rings. The Morgan fingerprint density at radius 3 is 2.56 bits per heavy atom. The fourth-order valence-corrected chi connectivity index (χ4v) is 2.33. The zero-order chi connectivity index (χ0) is 13.1. The lowest BCUT2D eigenvalue weighted by Gasteiger charge is -2.06. The van der Waals surface area contributed by atoms with E-state index >= 15 is 0 Å². The lowest BCUT2D eigenvalue weighted by atomic mass is 10.0. The molecular weight excluding hydrogens is 268 g/mol. The normalized spacial score (nSPS) is 10.3. The van der Waals surface area contributed by atoms with Gasteiger partial charge in [-0.2, -0.15) is 0 Å². The first-order chi connectivity index (χ1) is 8.61. The maximum absolute atomic E-state index is 11.0. The molecule has 2 aromatic carbocycles. The van der Waals surface area contributed by atoms with Gasteiger partial charge >= 0.3 is 5.97 Å². The summed E-state index contributed by atoms with van der Waals surface area (Å²) in [6, 6.07) is 13.0. The Labute approximate surface area is 115 Å². The maximum Gasteiger partial charge on any atom is 0.337 e. The average molecular weight is 279 g/mol. The third-order valence-corrected chi connectivity index (χ3v) is 3.65. The van der Waals surface area contributed by atoms with Crippen molar-refractivity contribution < 1.29 is 9.90 Å². The van der Waals surface area contributed by atoms with Gasteiger partial charge in [0.15, 0.2) is 0 Å². The summed E-state index contributed by atoms with van der Waals surface area (Å²) in [4.78, 5) is 12.2. The standard InChI is InChI=1S/C14H11ClO2S/c1-18-11-4-2-3-9(7-11)10-5-6-13(15)12(8-10)14(16)17/h2-8H,1H3,(H,16,17). The quantitative estimate of drug-likeness (QED) is 0.844. The molecule has 0 aliphatic carbocycles. The number of thioether (sulfide) groups is 1. The Morgan fingerprint density at radius 2 is 1.89 bits per heavy atom. The Morgan fingerprint density at radius 1 is 1.17 bits per heavy atom. The minimum atomic E-state index is -1.01. The highest BCUT2D eigenvalue weighted by Gasteiger charge is 2.10. The molecule has 0 radical (unpaired) electrons. The van der Waals surface area contributed by atoms with Crippen molar-refractivity contribution in [1.29, 1.82) is 0 Å². The highest BCUT2D eigenvalue weighted by atomic mass is 35.5. The zero-order valence-electron chi connectivity index (χ0n) is 9.68. The van der Waals surface area contributed by atoms with E-state index in [-0.39, 0.29) is 10.6 Å². The predicted molar refractivity (Wildman–Crippen MR) is 75.6 cm³/mol. The molecule has 0 saturated heterocycles. The van der Waals surface area contributed by atoms with Gasteiger partial charge in [-0.05, 0) is 41.6 Å². The molecule has 2 nitrogen and oxygen atoms in total. The van der Waals surface area contributed by atoms with Gasteiger partial charge in [-0.1, -0.05) is 29.8 Å². The van der Waals surface area contributed by atoms with Crippen LogP contribution in [-0.2, 0) is 0 Å². The SMILES string of the molecule is CSc1cccc(-c2ccc(Cl)c(C(=O)O)c2)c1. The maximum atomic E-state index is 11.0. The molecular formula is C14H11ClO2S. The van der Waals surface area contributed by atoms with Crippen molar-refractivity contribution in [2.75, 3.05) is 6.26 Å². The molecule has 0 fully saturated rings. The molecule has 92 valence electrons. The molecule has 0 atom stereocenters. The van der Waals surface area contributed by atoms with Crippen LogP contribution >= 0.6 is 23.4 Å². The van der Waals surface area contributed by atoms with Gasteiger partial charge in [-0.25, -0.2) is 4.79 Å². The summed E-state index contributed by atoms with van der Waals surface area (Å²) in [5, 5.41) is 9.31. The largest absolute Gasteiger partial charge is 0.478 e. The van der Waals surface area contributed by atoms with E-state index < -0.39 is 5.97 Å². The zero-order valence-corrected chi connectivity index (χ0v) is 11.3. The van der Waals surface area contributed by atoms with E-state index in [2.05, 4.69) is 0 Å². The van der Waals surface area contributed by atoms with Crippen LogP contribution in [0.3, 0.4) is 0 Å². The summed E-state index contributed by atoms with van der Waals surface area (Å²) in [6.45, 7) is 0. The van der Waals surface area contributed by atoms with E-state index in [0.717, 1.165) is 16.0 Å². The number of carboxylic acids is 1. The second kappa shape index (κ2) is 5.46. The van der Waals surface area contributed by atoms with Gasteiger partial charge in [0.1, 0.15) is 0 Å². The first kappa shape index (κ1) is 13.0. The third kappa shape index (κ3) is 2.68. The van der Waals surface area contributed by atoms with Crippen LogP contribution in [0.15, 0.2) is 47.4 Å². The fraction of sp³-hybridized carbons (Fsp3) is 0.0714. The minimum absolute atomic E-state index is 0.128. The molecule has 0 unspecified atom stereocenters. The van der Waals surface area contributed by atoms with Gasteiger partial charge in [-0.15, -0.1) is 11.8 Å². The monoisotopic (exact) mass is 278 g/mol. The summed E-state index contributed by atoms with van der Waals surface area (Å²) in [5.41, 5.74) is 1.97. The van der Waals surface area contributed by atoms with Crippen molar-refractivity contribution in [3.05, 3.63) is 53.1 Å². The van der Waals surface area contributed by atoms with Crippen LogP contribution in [0.4, 0.5) is 0 Å². The molecule has 0 heterocycles. The number of aromatic carboxylic acids is 1. The Kier molecular flexibility index (Phi) is 3.94. The number of halogens is 1. The third-order valence-electron chi connectivity index (χ3n) is 2.60. The molecule has 0 bridgehead atoms. The lowest BCUT2D eigenvalue weighted by molar-refractivity contribution is 0.0697. The topological polar surface area (TPSA) is 37.3 Å². The van der Waals surface area contributed by atoms with E-state index in [4.69, 9.17) is 16.7 Å². The van der Waals surface area contributed by atoms with Crippen molar-refractivity contribution in [3.8, 4) is 11.1 Å². The van der Waals surface area contributed by atoms with E-state index in [1.54, 1.807) is 23.9 Å². The van der Waals surface area contributed by atoms with Crippen LogP contribution in [0.25, 0.3) is 11.1 Å². The summed E-state index contributed by atoms with van der Waals surface area (Å²) < 4.78 is 0. The first-order valence-electron chi connectivity index (χ1n) is 5.29. The second-order valence-electron chi connectivity index (χ2n) is 3.73. The smallest absolute Gasteiger partial charge is 0.337 e. The first-order valence-corrected chi connectivity index (χ1v) is 6.89. The van der Waals surface area contributed by atoms with E-state index in [1.807, 2.05) is 36.6 Å². The van der Waals surface area contributed by atoms with Crippen molar-refractivity contribution in [1.82, 2.24) is 0 Å².